The van der Waals surface area contributed by atoms with Gasteiger partial charge in [-0.1, -0.05) is 24.3 Å². The summed E-state index contributed by atoms with van der Waals surface area (Å²) in [5.41, 5.74) is 1.94. The van der Waals surface area contributed by atoms with Crippen molar-refractivity contribution in [1.29, 1.82) is 5.26 Å². The van der Waals surface area contributed by atoms with Gasteiger partial charge in [0.1, 0.15) is 5.83 Å². The number of nitriles is 1. The van der Waals surface area contributed by atoms with Crippen molar-refractivity contribution in [2.45, 2.75) is 6.92 Å². The Bertz CT molecular complexity index is 725. The zero-order valence-corrected chi connectivity index (χ0v) is 12.0. The van der Waals surface area contributed by atoms with Gasteiger partial charge in [0.15, 0.2) is 0 Å². The quantitative estimate of drug-likeness (QED) is 0.627. The van der Waals surface area contributed by atoms with E-state index >= 15 is 0 Å². The summed E-state index contributed by atoms with van der Waals surface area (Å²) < 4.78 is 19.0. The van der Waals surface area contributed by atoms with Crippen molar-refractivity contribution in [2.75, 3.05) is 6.61 Å². The lowest BCUT2D eigenvalue weighted by Gasteiger charge is -2.03. The van der Waals surface area contributed by atoms with Crippen LogP contribution in [0.15, 0.2) is 48.5 Å². The molecule has 4 heteroatoms. The third-order valence-electron chi connectivity index (χ3n) is 3.00. The van der Waals surface area contributed by atoms with Gasteiger partial charge in [-0.25, -0.2) is 9.18 Å². The molecule has 0 N–H and O–H groups in total. The summed E-state index contributed by atoms with van der Waals surface area (Å²) in [6, 6.07) is 14.7. The molecule has 0 aliphatic rings. The molecule has 0 atom stereocenters. The second kappa shape index (κ2) is 7.19. The predicted molar refractivity (Wildman–Crippen MR) is 82.5 cm³/mol. The highest BCUT2D eigenvalue weighted by Gasteiger charge is 2.07. The molecule has 0 unspecified atom stereocenters. The molecule has 0 saturated heterocycles. The number of carbonyl (C=O) groups is 1. The fraction of sp³-hybridized carbons (Fsp3) is 0.111. The maximum atomic E-state index is 14.2. The van der Waals surface area contributed by atoms with Gasteiger partial charge in [-0.15, -0.1) is 0 Å². The number of nitrogens with zero attached hydrogens (tertiary/aromatic N) is 1. The van der Waals surface area contributed by atoms with E-state index in [0.717, 1.165) is 0 Å². The highest BCUT2D eigenvalue weighted by atomic mass is 19.1. The number of carbonyl (C=O) groups excluding carboxylic acids is 1. The van der Waals surface area contributed by atoms with Crippen LogP contribution in [0.25, 0.3) is 11.9 Å². The van der Waals surface area contributed by atoms with Crippen LogP contribution in [-0.2, 0) is 4.74 Å². The van der Waals surface area contributed by atoms with Crippen molar-refractivity contribution < 1.29 is 13.9 Å². The Balaban J connectivity index is 2.18. The molecule has 0 spiro atoms. The predicted octanol–water partition coefficient (Wildman–Crippen LogP) is 4.20. The molecular weight excluding hydrogens is 281 g/mol. The summed E-state index contributed by atoms with van der Waals surface area (Å²) in [6.07, 6.45) is 1.38. The topological polar surface area (TPSA) is 50.1 Å². The first-order valence-corrected chi connectivity index (χ1v) is 6.79. The number of esters is 1. The second-order valence-corrected chi connectivity index (χ2v) is 4.52. The summed E-state index contributed by atoms with van der Waals surface area (Å²) in [4.78, 5) is 11.5. The van der Waals surface area contributed by atoms with Crippen LogP contribution in [0.5, 0.6) is 0 Å². The Morgan fingerprint density at radius 2 is 1.73 bits per heavy atom. The van der Waals surface area contributed by atoms with E-state index in [0.29, 0.717) is 28.9 Å². The molecule has 2 aromatic rings. The number of benzene rings is 2. The molecule has 0 saturated carbocycles. The van der Waals surface area contributed by atoms with E-state index < -0.39 is 11.8 Å². The normalized spacial score (nSPS) is 10.9. The molecular formula is C18H14FNO2. The van der Waals surface area contributed by atoms with E-state index in [9.17, 15) is 9.18 Å². The molecule has 2 aromatic carbocycles. The second-order valence-electron chi connectivity index (χ2n) is 4.52. The summed E-state index contributed by atoms with van der Waals surface area (Å²) in [6.45, 7) is 2.03. The SMILES string of the molecule is CCOC(=O)c1ccc(/C(F)=C/c2ccc(C#N)cc2)cc1. The average molecular weight is 295 g/mol. The summed E-state index contributed by atoms with van der Waals surface area (Å²) in [5.74, 6) is -0.842. The number of hydrogen-bond donors (Lipinski definition) is 0. The van der Waals surface area contributed by atoms with Gasteiger partial charge in [0, 0.05) is 5.56 Å². The fourth-order valence-electron chi connectivity index (χ4n) is 1.86. The molecule has 0 aliphatic heterocycles. The van der Waals surface area contributed by atoms with Gasteiger partial charge in [-0.3, -0.25) is 0 Å². The van der Waals surface area contributed by atoms with E-state index in [1.54, 1.807) is 31.2 Å². The van der Waals surface area contributed by atoms with Gasteiger partial charge in [-0.2, -0.15) is 5.26 Å². The van der Waals surface area contributed by atoms with Gasteiger partial charge < -0.3 is 4.74 Å². The number of halogens is 1. The standard InChI is InChI=1S/C18H14FNO2/c1-2-22-18(21)16-9-7-15(8-10-16)17(19)11-13-3-5-14(12-20)6-4-13/h3-11H,2H2,1H3/b17-11-. The van der Waals surface area contributed by atoms with Crippen LogP contribution in [0.2, 0.25) is 0 Å². The van der Waals surface area contributed by atoms with E-state index in [-0.39, 0.29) is 0 Å². The lowest BCUT2D eigenvalue weighted by atomic mass is 10.1. The molecule has 3 nitrogen and oxygen atoms in total. The molecule has 0 bridgehead atoms. The number of ether oxygens (including phenoxy) is 1. The van der Waals surface area contributed by atoms with Gasteiger partial charge in [-0.05, 0) is 42.8 Å². The van der Waals surface area contributed by atoms with Crippen molar-refractivity contribution in [3.63, 3.8) is 0 Å². The Hall–Kier alpha value is -2.93. The molecule has 0 aliphatic carbocycles. The maximum Gasteiger partial charge on any atom is 0.338 e. The minimum absolute atomic E-state index is 0.299. The van der Waals surface area contributed by atoms with Crippen LogP contribution < -0.4 is 0 Å². The van der Waals surface area contributed by atoms with Crippen LogP contribution in [-0.4, -0.2) is 12.6 Å². The molecule has 0 fully saturated rings. The first kappa shape index (κ1) is 15.5. The Morgan fingerprint density at radius 1 is 1.14 bits per heavy atom. The zero-order valence-electron chi connectivity index (χ0n) is 12.0. The van der Waals surface area contributed by atoms with Crippen LogP contribution >= 0.6 is 0 Å². The minimum Gasteiger partial charge on any atom is -0.462 e. The molecule has 110 valence electrons. The van der Waals surface area contributed by atoms with E-state index in [1.807, 2.05) is 6.07 Å². The highest BCUT2D eigenvalue weighted by molar-refractivity contribution is 5.90. The first-order valence-electron chi connectivity index (χ1n) is 6.79. The van der Waals surface area contributed by atoms with E-state index in [1.165, 1.54) is 30.3 Å². The van der Waals surface area contributed by atoms with Crippen LogP contribution in [0.3, 0.4) is 0 Å². The van der Waals surface area contributed by atoms with Crippen molar-refractivity contribution in [2.24, 2.45) is 0 Å². The Morgan fingerprint density at radius 3 is 2.27 bits per heavy atom. The summed E-state index contributed by atoms with van der Waals surface area (Å²) in [7, 11) is 0. The van der Waals surface area contributed by atoms with Crippen LogP contribution in [0.1, 0.15) is 34.0 Å². The molecule has 2 rings (SSSR count). The Labute approximate surface area is 128 Å². The first-order chi connectivity index (χ1) is 10.6. The lowest BCUT2D eigenvalue weighted by molar-refractivity contribution is 0.0526. The molecule has 0 amide bonds. The molecule has 22 heavy (non-hydrogen) atoms. The van der Waals surface area contributed by atoms with Crippen molar-refractivity contribution in [1.82, 2.24) is 0 Å². The third-order valence-corrected chi connectivity index (χ3v) is 3.00. The monoisotopic (exact) mass is 295 g/mol. The van der Waals surface area contributed by atoms with E-state index in [4.69, 9.17) is 10.00 Å². The largest absolute Gasteiger partial charge is 0.462 e. The number of rotatable bonds is 4. The van der Waals surface area contributed by atoms with Crippen LogP contribution in [0, 0.1) is 11.3 Å². The molecule has 0 aromatic heterocycles. The van der Waals surface area contributed by atoms with Crippen LogP contribution in [0.4, 0.5) is 4.39 Å². The maximum absolute atomic E-state index is 14.2. The van der Waals surface area contributed by atoms with Crippen molar-refractivity contribution in [3.05, 3.63) is 70.8 Å². The van der Waals surface area contributed by atoms with Gasteiger partial charge in [0.2, 0.25) is 0 Å². The van der Waals surface area contributed by atoms with Gasteiger partial charge in [0.05, 0.1) is 23.8 Å². The third kappa shape index (κ3) is 3.80. The van der Waals surface area contributed by atoms with Gasteiger partial charge >= 0.3 is 5.97 Å². The minimum atomic E-state index is -0.425. The summed E-state index contributed by atoms with van der Waals surface area (Å²) >= 11 is 0. The average Bonchev–Trinajstić information content (AvgIpc) is 2.56. The zero-order chi connectivity index (χ0) is 15.9. The molecule has 0 radical (unpaired) electrons. The Kier molecular flexibility index (Phi) is 5.05. The number of hydrogen-bond acceptors (Lipinski definition) is 3. The molecule has 0 heterocycles. The van der Waals surface area contributed by atoms with Crippen molar-refractivity contribution in [3.8, 4) is 6.07 Å². The van der Waals surface area contributed by atoms with Gasteiger partial charge in [0.25, 0.3) is 0 Å². The fourth-order valence-corrected chi connectivity index (χ4v) is 1.86. The highest BCUT2D eigenvalue weighted by Crippen LogP contribution is 2.20. The summed E-state index contributed by atoms with van der Waals surface area (Å²) in [5, 5.41) is 8.72. The lowest BCUT2D eigenvalue weighted by Crippen LogP contribution is -2.04. The van der Waals surface area contributed by atoms with E-state index in [2.05, 4.69) is 0 Å². The smallest absolute Gasteiger partial charge is 0.338 e. The van der Waals surface area contributed by atoms with Crippen molar-refractivity contribution >= 4 is 17.9 Å².